The quantitative estimate of drug-likeness (QED) is 0.377. The van der Waals surface area contributed by atoms with Crippen LogP contribution < -0.4 is 5.32 Å². The fourth-order valence-electron chi connectivity index (χ4n) is 1.78. The summed E-state index contributed by atoms with van der Waals surface area (Å²) < 4.78 is 3.16. The summed E-state index contributed by atoms with van der Waals surface area (Å²) in [5.41, 5.74) is 0.735. The van der Waals surface area contributed by atoms with Crippen LogP contribution in [0.5, 0.6) is 0 Å². The lowest BCUT2D eigenvalue weighted by atomic mass is 9.88. The smallest absolute Gasteiger partial charge is 0.252 e. The van der Waals surface area contributed by atoms with Crippen molar-refractivity contribution in [3.8, 4) is 0 Å². The molecule has 112 valence electrons. The Morgan fingerprint density at radius 3 is 2.55 bits per heavy atom. The fourth-order valence-corrected chi connectivity index (χ4v) is 4.18. The molecule has 20 heavy (non-hydrogen) atoms. The maximum absolute atomic E-state index is 12.3. The van der Waals surface area contributed by atoms with Crippen LogP contribution in [-0.4, -0.2) is 24.2 Å². The minimum absolute atomic E-state index is 0.00108. The molecule has 0 saturated carbocycles. The lowest BCUT2D eigenvalue weighted by molar-refractivity contribution is 0.0932. The standard InChI is InChI=1S/C14H18I3NO2/c1-14(2,4-3-5-19)8-18-13(20)10-6-9(15)7-11(16)12(10)17/h6-7,19H,3-5,8H2,1-2H3,(H,18,20). The third kappa shape index (κ3) is 5.91. The lowest BCUT2D eigenvalue weighted by Gasteiger charge is -2.24. The van der Waals surface area contributed by atoms with Crippen molar-refractivity contribution in [1.82, 2.24) is 5.32 Å². The minimum atomic E-state index is -0.0251. The Labute approximate surface area is 161 Å². The van der Waals surface area contributed by atoms with Crippen LogP contribution >= 0.6 is 67.8 Å². The number of benzene rings is 1. The highest BCUT2D eigenvalue weighted by Gasteiger charge is 2.20. The van der Waals surface area contributed by atoms with E-state index in [4.69, 9.17) is 5.11 Å². The zero-order valence-corrected chi connectivity index (χ0v) is 17.9. The maximum atomic E-state index is 12.3. The highest BCUT2D eigenvalue weighted by atomic mass is 127. The summed E-state index contributed by atoms with van der Waals surface area (Å²) in [5, 5.41) is 11.9. The Hall–Kier alpha value is 0.840. The van der Waals surface area contributed by atoms with Crippen molar-refractivity contribution < 1.29 is 9.90 Å². The second kappa shape index (κ2) is 8.47. The van der Waals surface area contributed by atoms with Crippen LogP contribution in [0.25, 0.3) is 0 Å². The molecule has 0 atom stereocenters. The normalized spacial score (nSPS) is 11.5. The molecule has 0 aliphatic carbocycles. The Kier molecular flexibility index (Phi) is 8.00. The average Bonchev–Trinajstić information content (AvgIpc) is 2.38. The molecule has 0 fully saturated rings. The van der Waals surface area contributed by atoms with Crippen molar-refractivity contribution in [2.45, 2.75) is 26.7 Å². The molecule has 0 radical (unpaired) electrons. The van der Waals surface area contributed by atoms with E-state index >= 15 is 0 Å². The Morgan fingerprint density at radius 1 is 1.30 bits per heavy atom. The molecule has 1 rings (SSSR count). The molecule has 0 unspecified atom stereocenters. The Bertz CT molecular complexity index is 490. The molecule has 0 spiro atoms. The molecule has 0 heterocycles. The van der Waals surface area contributed by atoms with Gasteiger partial charge in [0.05, 0.1) is 5.56 Å². The van der Waals surface area contributed by atoms with Gasteiger partial charge in [0.25, 0.3) is 5.91 Å². The van der Waals surface area contributed by atoms with E-state index in [-0.39, 0.29) is 17.9 Å². The first-order valence-corrected chi connectivity index (χ1v) is 9.54. The number of amides is 1. The second-order valence-corrected chi connectivity index (χ2v) is 8.91. The van der Waals surface area contributed by atoms with Crippen LogP contribution in [-0.2, 0) is 0 Å². The molecule has 0 aromatic heterocycles. The number of halogens is 3. The van der Waals surface area contributed by atoms with Gasteiger partial charge in [-0.15, -0.1) is 0 Å². The summed E-state index contributed by atoms with van der Waals surface area (Å²) in [6.45, 7) is 5.02. The molecule has 2 N–H and O–H groups in total. The molecule has 1 amide bonds. The summed E-state index contributed by atoms with van der Waals surface area (Å²) in [7, 11) is 0. The summed E-state index contributed by atoms with van der Waals surface area (Å²) in [4.78, 5) is 12.3. The van der Waals surface area contributed by atoms with E-state index in [9.17, 15) is 4.79 Å². The van der Waals surface area contributed by atoms with Gasteiger partial charge in [-0.2, -0.15) is 0 Å². The van der Waals surface area contributed by atoms with Gasteiger partial charge in [0.1, 0.15) is 0 Å². The minimum Gasteiger partial charge on any atom is -0.396 e. The predicted molar refractivity (Wildman–Crippen MR) is 107 cm³/mol. The zero-order valence-electron chi connectivity index (χ0n) is 11.5. The van der Waals surface area contributed by atoms with E-state index in [1.807, 2.05) is 6.07 Å². The first kappa shape index (κ1) is 18.9. The van der Waals surface area contributed by atoms with Crippen molar-refractivity contribution in [3.63, 3.8) is 0 Å². The van der Waals surface area contributed by atoms with E-state index in [1.54, 1.807) is 0 Å². The Morgan fingerprint density at radius 2 is 1.95 bits per heavy atom. The monoisotopic (exact) mass is 613 g/mol. The molecular formula is C14H18I3NO2. The van der Waals surface area contributed by atoms with Crippen LogP contribution in [0, 0.1) is 16.1 Å². The highest BCUT2D eigenvalue weighted by Crippen LogP contribution is 2.24. The molecular weight excluding hydrogens is 595 g/mol. The zero-order chi connectivity index (χ0) is 15.3. The summed E-state index contributed by atoms with van der Waals surface area (Å²) in [6, 6.07) is 3.98. The lowest BCUT2D eigenvalue weighted by Crippen LogP contribution is -2.34. The van der Waals surface area contributed by atoms with E-state index in [0.717, 1.165) is 29.1 Å². The van der Waals surface area contributed by atoms with Crippen molar-refractivity contribution >= 4 is 73.7 Å². The fraction of sp³-hybridized carbons (Fsp3) is 0.500. The molecule has 1 aromatic rings. The number of hydrogen-bond acceptors (Lipinski definition) is 2. The molecule has 6 heteroatoms. The van der Waals surface area contributed by atoms with E-state index < -0.39 is 0 Å². The molecule has 1 aromatic carbocycles. The highest BCUT2D eigenvalue weighted by molar-refractivity contribution is 14.1. The van der Waals surface area contributed by atoms with Crippen molar-refractivity contribution in [2.24, 2.45) is 5.41 Å². The summed E-state index contributed by atoms with van der Waals surface area (Å²) >= 11 is 6.70. The van der Waals surface area contributed by atoms with Gasteiger partial charge in [0, 0.05) is 23.9 Å². The second-order valence-electron chi connectivity index (χ2n) is 5.42. The average molecular weight is 613 g/mol. The third-order valence-electron chi connectivity index (χ3n) is 2.98. The molecule has 0 bridgehead atoms. The number of carbonyl (C=O) groups is 1. The van der Waals surface area contributed by atoms with Gasteiger partial charge in [-0.1, -0.05) is 13.8 Å². The van der Waals surface area contributed by atoms with Crippen LogP contribution in [0.4, 0.5) is 0 Å². The number of aliphatic hydroxyl groups excluding tert-OH is 1. The van der Waals surface area contributed by atoms with E-state index in [2.05, 4.69) is 93.0 Å². The number of rotatable bonds is 6. The van der Waals surface area contributed by atoms with E-state index in [0.29, 0.717) is 6.54 Å². The largest absolute Gasteiger partial charge is 0.396 e. The van der Waals surface area contributed by atoms with Crippen molar-refractivity contribution in [3.05, 3.63) is 28.4 Å². The van der Waals surface area contributed by atoms with Gasteiger partial charge in [-0.3, -0.25) is 4.79 Å². The van der Waals surface area contributed by atoms with Gasteiger partial charge < -0.3 is 10.4 Å². The van der Waals surface area contributed by atoms with Crippen LogP contribution in [0.3, 0.4) is 0 Å². The molecule has 0 aliphatic heterocycles. The van der Waals surface area contributed by atoms with Gasteiger partial charge in [-0.25, -0.2) is 0 Å². The van der Waals surface area contributed by atoms with Crippen molar-refractivity contribution in [1.29, 1.82) is 0 Å². The topological polar surface area (TPSA) is 49.3 Å². The number of carbonyl (C=O) groups excluding carboxylic acids is 1. The molecule has 3 nitrogen and oxygen atoms in total. The third-order valence-corrected chi connectivity index (χ3v) is 6.64. The number of hydrogen-bond donors (Lipinski definition) is 2. The van der Waals surface area contributed by atoms with Gasteiger partial charge in [0.15, 0.2) is 0 Å². The van der Waals surface area contributed by atoms with Gasteiger partial charge in [-0.05, 0) is 98.2 Å². The van der Waals surface area contributed by atoms with E-state index in [1.165, 1.54) is 0 Å². The van der Waals surface area contributed by atoms with Crippen LogP contribution in [0.15, 0.2) is 12.1 Å². The SMILES string of the molecule is CC(C)(CCCO)CNC(=O)c1cc(I)cc(I)c1I. The molecule has 0 aliphatic rings. The number of nitrogens with one attached hydrogen (secondary N) is 1. The van der Waals surface area contributed by atoms with Crippen LogP contribution in [0.2, 0.25) is 0 Å². The number of aliphatic hydroxyl groups is 1. The summed E-state index contributed by atoms with van der Waals surface area (Å²) in [5.74, 6) is -0.0251. The van der Waals surface area contributed by atoms with Crippen molar-refractivity contribution in [2.75, 3.05) is 13.2 Å². The predicted octanol–water partition coefficient (Wildman–Crippen LogP) is 4.03. The van der Waals surface area contributed by atoms with Gasteiger partial charge >= 0.3 is 0 Å². The first-order chi connectivity index (χ1) is 9.26. The van der Waals surface area contributed by atoms with Crippen LogP contribution in [0.1, 0.15) is 37.0 Å². The maximum Gasteiger partial charge on any atom is 0.252 e. The van der Waals surface area contributed by atoms with Gasteiger partial charge in [0.2, 0.25) is 0 Å². The summed E-state index contributed by atoms with van der Waals surface area (Å²) in [6.07, 6.45) is 1.66. The Balaban J connectivity index is 2.73. The molecule has 0 saturated heterocycles. The first-order valence-electron chi connectivity index (χ1n) is 6.30.